The number of carbonyl (C=O) groups excluding carboxylic acids is 1. The third kappa shape index (κ3) is 6.15. The predicted molar refractivity (Wildman–Crippen MR) is 141 cm³/mol. The molecule has 0 radical (unpaired) electrons. The summed E-state index contributed by atoms with van der Waals surface area (Å²) in [6.45, 7) is 5.67. The number of aryl methyl sites for hydroxylation is 1. The fraction of sp³-hybridized carbons (Fsp3) is 0.111. The van der Waals surface area contributed by atoms with Crippen molar-refractivity contribution in [2.75, 3.05) is 17.2 Å². The second-order valence-corrected chi connectivity index (χ2v) is 8.79. The van der Waals surface area contributed by atoms with Crippen LogP contribution in [0, 0.1) is 12.7 Å². The number of nitrogens with one attached hydrogen (secondary N) is 3. The molecule has 2 aromatic heterocycles. The Morgan fingerprint density at radius 1 is 1.15 bits per heavy atom. The number of benzene rings is 2. The average Bonchev–Trinajstić information content (AvgIpc) is 2.88. The maximum atomic E-state index is 14.7. The second kappa shape index (κ2) is 11.1. The summed E-state index contributed by atoms with van der Waals surface area (Å²) in [7, 11) is 0. The molecule has 4 aromatic rings. The van der Waals surface area contributed by atoms with Crippen LogP contribution in [0.25, 0.3) is 22.3 Å². The van der Waals surface area contributed by atoms with Crippen molar-refractivity contribution in [2.24, 2.45) is 0 Å². The van der Waals surface area contributed by atoms with Gasteiger partial charge in [-0.3, -0.25) is 9.78 Å². The Morgan fingerprint density at radius 3 is 2.59 bits per heavy atom. The van der Waals surface area contributed by atoms with Crippen LogP contribution in [-0.2, 0) is 6.18 Å². The lowest BCUT2D eigenvalue weighted by atomic mass is 9.90. The lowest BCUT2D eigenvalue weighted by Gasteiger charge is -2.19. The highest BCUT2D eigenvalue weighted by Crippen LogP contribution is 2.41. The molecular weight excluding hydrogens is 538 g/mol. The van der Waals surface area contributed by atoms with Crippen LogP contribution < -0.4 is 16.3 Å². The normalized spacial score (nSPS) is 11.2. The number of nitrogens with zero attached hydrogens (tertiary/aromatic N) is 2. The first kappa shape index (κ1) is 27.5. The Morgan fingerprint density at radius 2 is 1.92 bits per heavy atom. The molecule has 0 atom stereocenters. The fourth-order valence-electron chi connectivity index (χ4n) is 3.92. The van der Waals surface area contributed by atoms with E-state index in [1.807, 2.05) is 0 Å². The summed E-state index contributed by atoms with van der Waals surface area (Å²) in [6, 6.07) is 7.50. The van der Waals surface area contributed by atoms with Crippen LogP contribution in [0.1, 0.15) is 21.6 Å². The highest BCUT2D eigenvalue weighted by Gasteiger charge is 2.32. The molecule has 12 heteroatoms. The zero-order valence-corrected chi connectivity index (χ0v) is 21.0. The highest BCUT2D eigenvalue weighted by molar-refractivity contribution is 6.35. The Bertz CT molecular complexity index is 1620. The van der Waals surface area contributed by atoms with E-state index >= 15 is 0 Å². The largest absolute Gasteiger partial charge is 0.433 e. The van der Waals surface area contributed by atoms with E-state index in [1.165, 1.54) is 42.7 Å². The number of hydrogen-bond donors (Lipinski definition) is 3. The quantitative estimate of drug-likeness (QED) is 0.179. The summed E-state index contributed by atoms with van der Waals surface area (Å²) in [4.78, 5) is 33.9. The molecule has 1 amide bonds. The van der Waals surface area contributed by atoms with Crippen molar-refractivity contribution >= 4 is 28.9 Å². The molecule has 2 aromatic carbocycles. The number of aromatic amines is 1. The first-order valence-electron chi connectivity index (χ1n) is 11.4. The minimum absolute atomic E-state index is 0.00254. The summed E-state index contributed by atoms with van der Waals surface area (Å²) in [5, 5.41) is 5.50. The van der Waals surface area contributed by atoms with Crippen LogP contribution in [0.4, 0.5) is 28.9 Å². The molecule has 0 aliphatic rings. The number of carbonyl (C=O) groups is 1. The summed E-state index contributed by atoms with van der Waals surface area (Å²) in [5.41, 5.74) is 0.979. The molecule has 0 aliphatic carbocycles. The monoisotopic (exact) mass is 557 g/mol. The smallest absolute Gasteiger partial charge is 0.381 e. The van der Waals surface area contributed by atoms with Gasteiger partial charge in [0.05, 0.1) is 10.6 Å². The van der Waals surface area contributed by atoms with Gasteiger partial charge in [-0.1, -0.05) is 17.7 Å². The number of hydrogen-bond acceptors (Lipinski definition) is 5. The molecule has 0 saturated carbocycles. The molecular formula is C27H20ClF4N5O2. The van der Waals surface area contributed by atoms with Crippen molar-refractivity contribution in [3.05, 3.63) is 106 Å². The van der Waals surface area contributed by atoms with E-state index < -0.39 is 29.3 Å². The van der Waals surface area contributed by atoms with E-state index in [0.29, 0.717) is 46.1 Å². The second-order valence-electron chi connectivity index (χ2n) is 8.38. The van der Waals surface area contributed by atoms with Gasteiger partial charge in [-0.2, -0.15) is 13.2 Å². The van der Waals surface area contributed by atoms with Crippen molar-refractivity contribution in [1.29, 1.82) is 0 Å². The molecule has 0 fully saturated rings. The van der Waals surface area contributed by atoms with Crippen LogP contribution in [0.15, 0.2) is 72.4 Å². The topological polar surface area (TPSA) is 99.8 Å². The first-order valence-corrected chi connectivity index (χ1v) is 11.7. The minimum Gasteiger partial charge on any atom is -0.381 e. The number of alkyl halides is 3. The molecule has 200 valence electrons. The molecule has 7 nitrogen and oxygen atoms in total. The van der Waals surface area contributed by atoms with E-state index in [1.54, 1.807) is 13.0 Å². The standard InChI is InChI=1S/C27H20ClF4N5O2/c1-3-5-33-22-9-16(29)8-19(15-12-35-26(39)36-13-15)24(22)18-11-21(28)20(7-14(18)2)25(38)37-17-4-6-34-23(10-17)27(30,31)32/h3-4,6-13,33H,1,5H2,2H3,(H,34,37,38)(H,35,36,39). The van der Waals surface area contributed by atoms with E-state index in [0.717, 1.165) is 6.20 Å². The van der Waals surface area contributed by atoms with Gasteiger partial charge in [0.25, 0.3) is 5.91 Å². The summed E-state index contributed by atoms with van der Waals surface area (Å²) in [6.07, 6.45) is 0.549. The van der Waals surface area contributed by atoms with Crippen LogP contribution in [0.3, 0.4) is 0 Å². The summed E-state index contributed by atoms with van der Waals surface area (Å²) >= 11 is 6.50. The molecule has 4 rings (SSSR count). The number of H-pyrrole nitrogens is 1. The first-order chi connectivity index (χ1) is 18.5. The molecule has 3 N–H and O–H groups in total. The van der Waals surface area contributed by atoms with E-state index in [4.69, 9.17) is 11.6 Å². The van der Waals surface area contributed by atoms with Crippen molar-refractivity contribution in [3.8, 4) is 22.3 Å². The number of pyridine rings is 1. The maximum Gasteiger partial charge on any atom is 0.433 e. The number of rotatable bonds is 7. The third-order valence-electron chi connectivity index (χ3n) is 5.66. The zero-order chi connectivity index (χ0) is 28.3. The van der Waals surface area contributed by atoms with Gasteiger partial charge in [-0.05, 0) is 60.0 Å². The van der Waals surface area contributed by atoms with E-state index in [2.05, 4.69) is 32.2 Å². The third-order valence-corrected chi connectivity index (χ3v) is 5.97. The van der Waals surface area contributed by atoms with Gasteiger partial charge in [0.2, 0.25) is 0 Å². The van der Waals surface area contributed by atoms with Gasteiger partial charge in [-0.15, -0.1) is 6.58 Å². The average molecular weight is 558 g/mol. The zero-order valence-electron chi connectivity index (χ0n) is 20.3. The predicted octanol–water partition coefficient (Wildman–Crippen LogP) is 6.47. The molecule has 0 spiro atoms. The fourth-order valence-corrected chi connectivity index (χ4v) is 4.17. The van der Waals surface area contributed by atoms with Gasteiger partial charge in [-0.25, -0.2) is 14.2 Å². The lowest BCUT2D eigenvalue weighted by Crippen LogP contribution is -2.15. The Hall–Kier alpha value is -4.51. The molecule has 0 unspecified atom stereocenters. The van der Waals surface area contributed by atoms with Crippen LogP contribution >= 0.6 is 11.6 Å². The van der Waals surface area contributed by atoms with Crippen molar-refractivity contribution in [3.63, 3.8) is 0 Å². The van der Waals surface area contributed by atoms with Gasteiger partial charge in [0.1, 0.15) is 11.5 Å². The number of amides is 1. The molecule has 2 heterocycles. The Kier molecular flexibility index (Phi) is 7.82. The van der Waals surface area contributed by atoms with E-state index in [9.17, 15) is 27.2 Å². The van der Waals surface area contributed by atoms with Crippen molar-refractivity contribution < 1.29 is 22.4 Å². The van der Waals surface area contributed by atoms with Crippen LogP contribution in [-0.4, -0.2) is 27.4 Å². The van der Waals surface area contributed by atoms with Crippen LogP contribution in [0.2, 0.25) is 5.02 Å². The summed E-state index contributed by atoms with van der Waals surface area (Å²) < 4.78 is 53.7. The van der Waals surface area contributed by atoms with Gasteiger partial charge < -0.3 is 15.6 Å². The Balaban J connectivity index is 1.80. The minimum atomic E-state index is -4.68. The summed E-state index contributed by atoms with van der Waals surface area (Å²) in [5.74, 6) is -1.29. The Labute approximate surface area is 224 Å². The maximum absolute atomic E-state index is 14.7. The molecule has 0 aliphatic heterocycles. The van der Waals surface area contributed by atoms with Crippen molar-refractivity contribution in [1.82, 2.24) is 15.0 Å². The van der Waals surface area contributed by atoms with Gasteiger partial charge in [0.15, 0.2) is 0 Å². The molecule has 0 saturated heterocycles. The number of anilines is 2. The van der Waals surface area contributed by atoms with Gasteiger partial charge in [0, 0.05) is 47.6 Å². The number of halogens is 5. The highest BCUT2D eigenvalue weighted by atomic mass is 35.5. The number of aromatic nitrogens is 3. The van der Waals surface area contributed by atoms with Crippen LogP contribution in [0.5, 0.6) is 0 Å². The molecule has 39 heavy (non-hydrogen) atoms. The van der Waals surface area contributed by atoms with Crippen molar-refractivity contribution in [2.45, 2.75) is 13.1 Å². The lowest BCUT2D eigenvalue weighted by molar-refractivity contribution is -0.141. The SMILES string of the molecule is C=CCNc1cc(F)cc(-c2cnc(=O)[nH]c2)c1-c1cc(Cl)c(C(=O)Nc2ccnc(C(F)(F)F)c2)cc1C. The van der Waals surface area contributed by atoms with E-state index in [-0.39, 0.29) is 16.3 Å². The molecule has 0 bridgehead atoms. The van der Waals surface area contributed by atoms with Gasteiger partial charge >= 0.3 is 11.9 Å².